The first-order valence-corrected chi connectivity index (χ1v) is 4.68. The second-order valence-electron chi connectivity index (χ2n) is 3.17. The van der Waals surface area contributed by atoms with Gasteiger partial charge in [-0.15, -0.1) is 0 Å². The van der Waals surface area contributed by atoms with Crippen molar-refractivity contribution in [2.24, 2.45) is 0 Å². The third-order valence-corrected chi connectivity index (χ3v) is 2.19. The summed E-state index contributed by atoms with van der Waals surface area (Å²) >= 11 is 0. The molecule has 0 radical (unpaired) electrons. The Bertz CT molecular complexity index is 392. The minimum atomic E-state index is 1.08. The van der Waals surface area contributed by atoms with E-state index in [4.69, 9.17) is 0 Å². The van der Waals surface area contributed by atoms with Crippen molar-refractivity contribution in [1.29, 1.82) is 0 Å². The first-order chi connectivity index (χ1) is 6.42. The summed E-state index contributed by atoms with van der Waals surface area (Å²) in [6, 6.07) is 4.19. The van der Waals surface area contributed by atoms with Gasteiger partial charge in [0.15, 0.2) is 0 Å². The molecule has 3 nitrogen and oxygen atoms in total. The molecule has 2 rings (SSSR count). The van der Waals surface area contributed by atoms with Gasteiger partial charge in [0.05, 0.1) is 11.7 Å². The summed E-state index contributed by atoms with van der Waals surface area (Å²) in [4.78, 5) is 3.97. The molecule has 0 saturated heterocycles. The van der Waals surface area contributed by atoms with Crippen molar-refractivity contribution in [3.63, 3.8) is 0 Å². The van der Waals surface area contributed by atoms with Gasteiger partial charge in [0, 0.05) is 5.69 Å². The molecule has 0 aromatic carbocycles. The second kappa shape index (κ2) is 3.56. The number of hydrogen-bond donors (Lipinski definition) is 0. The van der Waals surface area contributed by atoms with Crippen molar-refractivity contribution in [1.82, 2.24) is 14.6 Å². The van der Waals surface area contributed by atoms with Crippen LogP contribution in [-0.4, -0.2) is 14.6 Å². The maximum Gasteiger partial charge on any atom is 0.136 e. The van der Waals surface area contributed by atoms with Crippen molar-refractivity contribution < 1.29 is 0 Å². The summed E-state index contributed by atoms with van der Waals surface area (Å²) in [7, 11) is 0. The summed E-state index contributed by atoms with van der Waals surface area (Å²) < 4.78 is 1.96. The molecule has 0 aliphatic carbocycles. The van der Waals surface area contributed by atoms with Crippen LogP contribution in [0, 0.1) is 0 Å². The molecule has 2 heterocycles. The van der Waals surface area contributed by atoms with Crippen LogP contribution in [-0.2, 0) is 6.42 Å². The van der Waals surface area contributed by atoms with Crippen LogP contribution in [0.2, 0.25) is 0 Å². The highest BCUT2D eigenvalue weighted by Gasteiger charge is 2.00. The molecule has 0 amide bonds. The number of fused-ring (bicyclic) bond motifs is 1. The van der Waals surface area contributed by atoms with Crippen LogP contribution >= 0.6 is 0 Å². The summed E-state index contributed by atoms with van der Waals surface area (Å²) in [5.41, 5.74) is 2.35. The molecule has 2 aromatic rings. The highest BCUT2D eigenvalue weighted by molar-refractivity contribution is 5.45. The first-order valence-electron chi connectivity index (χ1n) is 4.68. The lowest BCUT2D eigenvalue weighted by Gasteiger charge is -1.98. The Morgan fingerprint density at radius 1 is 1.38 bits per heavy atom. The van der Waals surface area contributed by atoms with Crippen molar-refractivity contribution in [2.75, 3.05) is 0 Å². The second-order valence-corrected chi connectivity index (χ2v) is 3.17. The zero-order valence-corrected chi connectivity index (χ0v) is 7.77. The first kappa shape index (κ1) is 8.23. The summed E-state index contributed by atoms with van der Waals surface area (Å²) in [6.45, 7) is 2.20. The zero-order chi connectivity index (χ0) is 9.10. The van der Waals surface area contributed by atoms with E-state index in [0.717, 1.165) is 11.9 Å². The summed E-state index contributed by atoms with van der Waals surface area (Å²) in [5, 5.41) is 4.20. The molecule has 0 saturated carbocycles. The van der Waals surface area contributed by atoms with Crippen molar-refractivity contribution in [3.8, 4) is 0 Å². The average Bonchev–Trinajstić information content (AvgIpc) is 2.58. The minimum absolute atomic E-state index is 1.08. The minimum Gasteiger partial charge on any atom is -0.241 e. The Morgan fingerprint density at radius 2 is 2.31 bits per heavy atom. The maximum atomic E-state index is 4.20. The summed E-state index contributed by atoms with van der Waals surface area (Å²) in [6.07, 6.45) is 6.96. The third-order valence-electron chi connectivity index (χ3n) is 2.19. The normalized spacial score (nSPS) is 10.8. The largest absolute Gasteiger partial charge is 0.241 e. The van der Waals surface area contributed by atoms with Crippen molar-refractivity contribution in [2.45, 2.75) is 26.2 Å². The van der Waals surface area contributed by atoms with E-state index in [9.17, 15) is 0 Å². The summed E-state index contributed by atoms with van der Waals surface area (Å²) in [5.74, 6) is 0. The van der Waals surface area contributed by atoms with Gasteiger partial charge in [-0.2, -0.15) is 5.10 Å². The van der Waals surface area contributed by atoms with E-state index in [0.29, 0.717) is 0 Å². The molecule has 0 aliphatic rings. The number of aromatic nitrogens is 3. The maximum absolute atomic E-state index is 4.20. The fourth-order valence-electron chi connectivity index (χ4n) is 1.47. The number of nitrogens with zero attached hydrogens (tertiary/aromatic N) is 3. The number of aryl methyl sites for hydroxylation is 1. The van der Waals surface area contributed by atoms with Gasteiger partial charge in [-0.05, 0) is 25.0 Å². The van der Waals surface area contributed by atoms with Crippen LogP contribution in [0.4, 0.5) is 0 Å². The quantitative estimate of drug-likeness (QED) is 0.714. The molecule has 0 fully saturated rings. The van der Waals surface area contributed by atoms with E-state index >= 15 is 0 Å². The molecular weight excluding hydrogens is 162 g/mol. The highest BCUT2D eigenvalue weighted by Crippen LogP contribution is 2.09. The third kappa shape index (κ3) is 1.54. The number of rotatable bonds is 3. The molecule has 3 heteroatoms. The monoisotopic (exact) mass is 175 g/mol. The van der Waals surface area contributed by atoms with Gasteiger partial charge >= 0.3 is 0 Å². The zero-order valence-electron chi connectivity index (χ0n) is 7.77. The Balaban J connectivity index is 2.35. The SMILES string of the molecule is CCCCc1ccc2cncnn12. The van der Waals surface area contributed by atoms with E-state index in [1.807, 2.05) is 10.7 Å². The van der Waals surface area contributed by atoms with E-state index < -0.39 is 0 Å². The van der Waals surface area contributed by atoms with Gasteiger partial charge in [-0.25, -0.2) is 9.50 Å². The van der Waals surface area contributed by atoms with Gasteiger partial charge in [0.1, 0.15) is 6.33 Å². The van der Waals surface area contributed by atoms with Gasteiger partial charge in [-0.3, -0.25) is 0 Å². The molecule has 68 valence electrons. The van der Waals surface area contributed by atoms with Crippen LogP contribution in [0.25, 0.3) is 5.52 Å². The molecule has 0 aliphatic heterocycles. The molecule has 2 aromatic heterocycles. The van der Waals surface area contributed by atoms with Crippen molar-refractivity contribution in [3.05, 3.63) is 30.4 Å². The van der Waals surface area contributed by atoms with E-state index in [1.54, 1.807) is 6.33 Å². The van der Waals surface area contributed by atoms with Gasteiger partial charge in [0.2, 0.25) is 0 Å². The fourth-order valence-corrected chi connectivity index (χ4v) is 1.47. The van der Waals surface area contributed by atoms with Gasteiger partial charge in [0.25, 0.3) is 0 Å². The molecule has 0 atom stereocenters. The number of unbranched alkanes of at least 4 members (excludes halogenated alkanes) is 1. The van der Waals surface area contributed by atoms with Gasteiger partial charge in [-0.1, -0.05) is 13.3 Å². The molecular formula is C10H13N3. The lowest BCUT2D eigenvalue weighted by Crippen LogP contribution is -1.97. The fraction of sp³-hybridized carbons (Fsp3) is 0.400. The topological polar surface area (TPSA) is 30.2 Å². The number of hydrogen-bond acceptors (Lipinski definition) is 2. The molecule has 0 unspecified atom stereocenters. The average molecular weight is 175 g/mol. The lowest BCUT2D eigenvalue weighted by atomic mass is 10.2. The van der Waals surface area contributed by atoms with Crippen LogP contribution in [0.3, 0.4) is 0 Å². The Labute approximate surface area is 77.4 Å². The Hall–Kier alpha value is -1.38. The van der Waals surface area contributed by atoms with E-state index in [-0.39, 0.29) is 0 Å². The van der Waals surface area contributed by atoms with Crippen LogP contribution in [0.15, 0.2) is 24.7 Å². The molecule has 0 bridgehead atoms. The highest BCUT2D eigenvalue weighted by atomic mass is 15.2. The predicted molar refractivity (Wildman–Crippen MR) is 51.6 cm³/mol. The lowest BCUT2D eigenvalue weighted by molar-refractivity contribution is 0.740. The smallest absolute Gasteiger partial charge is 0.136 e. The van der Waals surface area contributed by atoms with Crippen LogP contribution < -0.4 is 0 Å². The Morgan fingerprint density at radius 3 is 3.15 bits per heavy atom. The van der Waals surface area contributed by atoms with Crippen LogP contribution in [0.1, 0.15) is 25.5 Å². The van der Waals surface area contributed by atoms with E-state index in [1.165, 1.54) is 18.5 Å². The molecule has 0 spiro atoms. The standard InChI is InChI=1S/C10H13N3/c1-2-3-4-9-5-6-10-7-11-8-12-13(9)10/h5-8H,2-4H2,1H3. The molecule has 13 heavy (non-hydrogen) atoms. The molecule has 0 N–H and O–H groups in total. The van der Waals surface area contributed by atoms with Crippen LogP contribution in [0.5, 0.6) is 0 Å². The Kier molecular flexibility index (Phi) is 2.25. The predicted octanol–water partition coefficient (Wildman–Crippen LogP) is 2.07. The van der Waals surface area contributed by atoms with Crippen molar-refractivity contribution >= 4 is 5.52 Å². The van der Waals surface area contributed by atoms with E-state index in [2.05, 4.69) is 29.1 Å². The van der Waals surface area contributed by atoms with Gasteiger partial charge < -0.3 is 0 Å².